The number of nitrogens with zero attached hydrogens (tertiary/aromatic N) is 2. The van der Waals surface area contributed by atoms with Gasteiger partial charge in [0.2, 0.25) is 6.33 Å². The Bertz CT molecular complexity index is 506. The molecule has 128 valence electrons. The second-order valence-electron chi connectivity index (χ2n) is 9.06. The van der Waals surface area contributed by atoms with Gasteiger partial charge in [-0.25, -0.2) is 9.13 Å². The molecule has 1 aromatic rings. The highest BCUT2D eigenvalue weighted by Gasteiger charge is 2.54. The van der Waals surface area contributed by atoms with Crippen molar-refractivity contribution in [2.45, 2.75) is 88.6 Å². The Hall–Kier alpha value is -0.500. The first-order chi connectivity index (χ1) is 10.8. The zero-order valence-electron chi connectivity index (χ0n) is 14.3. The van der Waals surface area contributed by atoms with Gasteiger partial charge in [0.1, 0.15) is 24.0 Å². The maximum atomic E-state index is 2.67. The summed E-state index contributed by atoms with van der Waals surface area (Å²) in [5.74, 6) is 3.12. The van der Waals surface area contributed by atoms with Crippen LogP contribution in [0.4, 0.5) is 0 Å². The molecule has 5 aliphatic rings. The minimum Gasteiger partial charge on any atom is -1.00 e. The van der Waals surface area contributed by atoms with Crippen LogP contribution in [0.2, 0.25) is 0 Å². The van der Waals surface area contributed by atoms with Crippen LogP contribution in [0, 0.1) is 17.8 Å². The van der Waals surface area contributed by atoms with Crippen molar-refractivity contribution in [2.75, 3.05) is 0 Å². The van der Waals surface area contributed by atoms with Crippen LogP contribution in [-0.2, 0) is 5.54 Å². The van der Waals surface area contributed by atoms with Crippen molar-refractivity contribution in [1.29, 1.82) is 0 Å². The average molecular weight is 335 g/mol. The van der Waals surface area contributed by atoms with E-state index in [1.165, 1.54) is 57.8 Å². The Balaban J connectivity index is 0.00000135. The highest BCUT2D eigenvalue weighted by atomic mass is 35.5. The standard InChI is InChI=1S/C20H31N2.ClH/c1-2-4-6-19(5-3-1)21-7-8-22(15-21)20-12-16-9-17(13-20)11-18(10-16)14-20;/h7-8,15-19H,1-6,9-14H2;1H/q+1;/p-1. The fourth-order valence-corrected chi connectivity index (χ4v) is 6.80. The molecule has 0 spiro atoms. The van der Waals surface area contributed by atoms with Crippen LogP contribution in [0.25, 0.3) is 0 Å². The molecule has 4 bridgehead atoms. The number of aromatic nitrogens is 2. The van der Waals surface area contributed by atoms with E-state index in [4.69, 9.17) is 0 Å². The van der Waals surface area contributed by atoms with Crippen molar-refractivity contribution < 1.29 is 17.0 Å². The van der Waals surface area contributed by atoms with E-state index in [0.29, 0.717) is 5.54 Å². The van der Waals surface area contributed by atoms with Gasteiger partial charge in [0.25, 0.3) is 0 Å². The summed E-state index contributed by atoms with van der Waals surface area (Å²) in [5, 5.41) is 0. The van der Waals surface area contributed by atoms with Crippen LogP contribution >= 0.6 is 0 Å². The molecule has 5 fully saturated rings. The summed E-state index contributed by atoms with van der Waals surface area (Å²) >= 11 is 0. The first kappa shape index (κ1) is 16.0. The van der Waals surface area contributed by atoms with Gasteiger partial charge in [-0.15, -0.1) is 0 Å². The Kier molecular flexibility index (Phi) is 4.24. The maximum absolute atomic E-state index is 2.67. The summed E-state index contributed by atoms with van der Waals surface area (Å²) in [4.78, 5) is 0. The molecule has 5 aliphatic carbocycles. The van der Waals surface area contributed by atoms with E-state index in [-0.39, 0.29) is 12.4 Å². The second-order valence-corrected chi connectivity index (χ2v) is 9.06. The quantitative estimate of drug-likeness (QED) is 0.574. The van der Waals surface area contributed by atoms with Crippen LogP contribution in [0.1, 0.15) is 83.1 Å². The Morgan fingerprint density at radius 2 is 1.39 bits per heavy atom. The van der Waals surface area contributed by atoms with Crippen molar-refractivity contribution >= 4 is 0 Å². The van der Waals surface area contributed by atoms with E-state index in [1.807, 2.05) is 0 Å². The number of halogens is 1. The molecule has 0 amide bonds. The molecule has 0 saturated heterocycles. The van der Waals surface area contributed by atoms with Crippen molar-refractivity contribution in [3.05, 3.63) is 18.7 Å². The molecule has 0 N–H and O–H groups in total. The van der Waals surface area contributed by atoms with Crippen molar-refractivity contribution in [3.63, 3.8) is 0 Å². The summed E-state index contributed by atoms with van der Waals surface area (Å²) in [7, 11) is 0. The van der Waals surface area contributed by atoms with Gasteiger partial charge in [-0.3, -0.25) is 0 Å². The summed E-state index contributed by atoms with van der Waals surface area (Å²) in [6.45, 7) is 0. The monoisotopic (exact) mass is 334 g/mol. The van der Waals surface area contributed by atoms with Crippen molar-refractivity contribution in [2.24, 2.45) is 17.8 Å². The topological polar surface area (TPSA) is 8.81 Å². The SMILES string of the molecule is [Cl-].c1c[n+](C2CCCCCC2)cn1C12CC3CC(CC(C3)C1)C2. The van der Waals surface area contributed by atoms with Gasteiger partial charge in [-0.2, -0.15) is 0 Å². The lowest BCUT2D eigenvalue weighted by Gasteiger charge is -2.54. The molecule has 23 heavy (non-hydrogen) atoms. The first-order valence-corrected chi connectivity index (χ1v) is 9.90. The third-order valence-electron chi connectivity index (χ3n) is 7.46. The summed E-state index contributed by atoms with van der Waals surface area (Å²) < 4.78 is 5.24. The molecule has 2 nitrogen and oxygen atoms in total. The lowest BCUT2D eigenvalue weighted by Crippen LogP contribution is -3.00. The number of imidazole rings is 1. The van der Waals surface area contributed by atoms with E-state index in [0.717, 1.165) is 23.8 Å². The zero-order valence-corrected chi connectivity index (χ0v) is 15.1. The molecule has 5 saturated carbocycles. The Morgan fingerprint density at radius 1 is 0.826 bits per heavy atom. The summed E-state index contributed by atoms with van der Waals surface area (Å²) in [6.07, 6.45) is 24.9. The summed E-state index contributed by atoms with van der Waals surface area (Å²) in [6, 6.07) is 0.776. The predicted molar refractivity (Wildman–Crippen MR) is 87.5 cm³/mol. The van der Waals surface area contributed by atoms with Gasteiger partial charge in [0.15, 0.2) is 0 Å². The van der Waals surface area contributed by atoms with E-state index in [9.17, 15) is 0 Å². The largest absolute Gasteiger partial charge is 1.00 e. The second kappa shape index (κ2) is 6.10. The average Bonchev–Trinajstić information content (AvgIpc) is 2.83. The fraction of sp³-hybridized carbons (Fsp3) is 0.850. The van der Waals surface area contributed by atoms with Gasteiger partial charge in [0.05, 0.1) is 0 Å². The van der Waals surface area contributed by atoms with Gasteiger partial charge < -0.3 is 12.4 Å². The molecule has 6 rings (SSSR count). The van der Waals surface area contributed by atoms with Gasteiger partial charge >= 0.3 is 0 Å². The third kappa shape index (κ3) is 2.75. The van der Waals surface area contributed by atoms with Crippen LogP contribution in [-0.4, -0.2) is 4.57 Å². The lowest BCUT2D eigenvalue weighted by molar-refractivity contribution is -0.724. The van der Waals surface area contributed by atoms with E-state index >= 15 is 0 Å². The Morgan fingerprint density at radius 3 is 1.96 bits per heavy atom. The van der Waals surface area contributed by atoms with E-state index in [2.05, 4.69) is 27.9 Å². The smallest absolute Gasteiger partial charge is 0.244 e. The lowest BCUT2D eigenvalue weighted by atomic mass is 9.53. The third-order valence-corrected chi connectivity index (χ3v) is 7.46. The molecule has 1 heterocycles. The normalized spacial score (nSPS) is 39.9. The molecular formula is C20H31ClN2. The first-order valence-electron chi connectivity index (χ1n) is 9.90. The van der Waals surface area contributed by atoms with Gasteiger partial charge in [-0.05, 0) is 82.0 Å². The van der Waals surface area contributed by atoms with Gasteiger partial charge in [-0.1, -0.05) is 12.8 Å². The minimum absolute atomic E-state index is 0. The van der Waals surface area contributed by atoms with Crippen LogP contribution in [0.5, 0.6) is 0 Å². The van der Waals surface area contributed by atoms with E-state index in [1.54, 1.807) is 19.3 Å². The fourth-order valence-electron chi connectivity index (χ4n) is 6.80. The molecule has 0 unspecified atom stereocenters. The van der Waals surface area contributed by atoms with Crippen LogP contribution < -0.4 is 17.0 Å². The molecule has 0 radical (unpaired) electrons. The molecule has 1 aromatic heterocycles. The molecular weight excluding hydrogens is 304 g/mol. The molecule has 3 heteroatoms. The van der Waals surface area contributed by atoms with Crippen molar-refractivity contribution in [1.82, 2.24) is 4.57 Å². The molecule has 0 aromatic carbocycles. The predicted octanol–water partition coefficient (Wildman–Crippen LogP) is 1.60. The van der Waals surface area contributed by atoms with Crippen LogP contribution in [0.15, 0.2) is 18.7 Å². The molecule has 0 aliphatic heterocycles. The number of hydrogen-bond donors (Lipinski definition) is 0. The zero-order chi connectivity index (χ0) is 14.6. The maximum Gasteiger partial charge on any atom is 0.244 e. The van der Waals surface area contributed by atoms with E-state index < -0.39 is 0 Å². The van der Waals surface area contributed by atoms with Gasteiger partial charge in [0, 0.05) is 0 Å². The highest BCUT2D eigenvalue weighted by molar-refractivity contribution is 5.05. The van der Waals surface area contributed by atoms with Crippen molar-refractivity contribution in [3.8, 4) is 0 Å². The summed E-state index contributed by atoms with van der Waals surface area (Å²) in [5.41, 5.74) is 0.505. The highest BCUT2D eigenvalue weighted by Crippen LogP contribution is 2.58. The Labute approximate surface area is 147 Å². The van der Waals surface area contributed by atoms with Crippen LogP contribution in [0.3, 0.4) is 0 Å². The number of rotatable bonds is 2. The molecule has 0 atom stereocenters. The number of hydrogen-bond acceptors (Lipinski definition) is 0. The minimum atomic E-state index is 0.